The number of halogens is 4. The highest BCUT2D eigenvalue weighted by Gasteiger charge is 2.41. The molecule has 0 spiro atoms. The molecule has 1 N–H and O–H groups in total. The maximum atomic E-state index is 13.8. The smallest absolute Gasteiger partial charge is 0.395 e. The van der Waals surface area contributed by atoms with Crippen molar-refractivity contribution in [3.8, 4) is 16.9 Å². The molecule has 0 aliphatic carbocycles. The van der Waals surface area contributed by atoms with Crippen molar-refractivity contribution in [1.82, 2.24) is 19.2 Å². The minimum Gasteiger partial charge on any atom is -0.491 e. The van der Waals surface area contributed by atoms with E-state index in [1.807, 2.05) is 0 Å². The van der Waals surface area contributed by atoms with Crippen molar-refractivity contribution in [1.29, 1.82) is 0 Å². The van der Waals surface area contributed by atoms with Crippen LogP contribution >= 0.6 is 11.6 Å². The first-order chi connectivity index (χ1) is 19.0. The van der Waals surface area contributed by atoms with Crippen LogP contribution in [0.15, 0.2) is 59.9 Å². The SMILES string of the molecule is COC(C)CC(C(=O)Nc1ccn2ncnc2c1)n1cc2c(cc1=O)-c1cc(Cl)ccc1CC(C(F)(F)F)CO2. The Morgan fingerprint density at radius 2 is 2.05 bits per heavy atom. The van der Waals surface area contributed by atoms with Crippen LogP contribution in [-0.4, -0.2) is 51.1 Å². The predicted molar refractivity (Wildman–Crippen MR) is 142 cm³/mol. The number of hydrogen-bond acceptors (Lipinski definition) is 6. The summed E-state index contributed by atoms with van der Waals surface area (Å²) in [6.07, 6.45) is -0.891. The lowest BCUT2D eigenvalue weighted by Gasteiger charge is -2.28. The number of hydrogen-bond donors (Lipinski definition) is 1. The molecule has 5 rings (SSSR count). The molecule has 0 saturated carbocycles. The standard InChI is InChI=1S/C27H25ClF3N5O4/c1-15(39-2)7-22(26(38)34-19-5-6-36-24(10-19)32-14-33-36)35-12-23-21(11-25(35)37)20-9-18(28)4-3-16(20)8-17(13-40-23)27(29,30)31/h3-6,9-12,14-15,17,22H,7-8,13H2,1-2H3,(H,34,38). The van der Waals surface area contributed by atoms with E-state index in [0.717, 1.165) is 4.57 Å². The number of rotatable bonds is 6. The number of anilines is 1. The first kappa shape index (κ1) is 27.7. The minimum absolute atomic E-state index is 0.0322. The van der Waals surface area contributed by atoms with Gasteiger partial charge in [0.15, 0.2) is 5.65 Å². The zero-order valence-corrected chi connectivity index (χ0v) is 22.2. The number of pyridine rings is 2. The van der Waals surface area contributed by atoms with E-state index in [-0.39, 0.29) is 18.6 Å². The quantitative estimate of drug-likeness (QED) is 0.350. The molecule has 40 heavy (non-hydrogen) atoms. The van der Waals surface area contributed by atoms with Gasteiger partial charge in [0.2, 0.25) is 5.91 Å². The Balaban J connectivity index is 1.57. The number of benzene rings is 1. The summed E-state index contributed by atoms with van der Waals surface area (Å²) in [5.41, 5.74) is 1.44. The number of fused-ring (bicyclic) bond motifs is 4. The van der Waals surface area contributed by atoms with E-state index in [1.165, 1.54) is 48.4 Å². The highest BCUT2D eigenvalue weighted by molar-refractivity contribution is 6.30. The maximum absolute atomic E-state index is 13.8. The van der Waals surface area contributed by atoms with Crippen molar-refractivity contribution in [2.75, 3.05) is 19.0 Å². The second-order valence-corrected chi connectivity index (χ2v) is 10.1. The maximum Gasteiger partial charge on any atom is 0.395 e. The summed E-state index contributed by atoms with van der Waals surface area (Å²) in [6, 6.07) is 7.98. The van der Waals surface area contributed by atoms with E-state index in [0.29, 0.717) is 33.0 Å². The Bertz CT molecular complexity index is 1620. The third kappa shape index (κ3) is 5.68. The van der Waals surface area contributed by atoms with Crippen molar-refractivity contribution in [2.24, 2.45) is 5.92 Å². The van der Waals surface area contributed by atoms with E-state index >= 15 is 0 Å². The van der Waals surface area contributed by atoms with Gasteiger partial charge in [0.05, 0.1) is 18.2 Å². The van der Waals surface area contributed by atoms with Gasteiger partial charge < -0.3 is 14.8 Å². The molecule has 0 radical (unpaired) electrons. The topological polar surface area (TPSA) is 99.7 Å². The van der Waals surface area contributed by atoms with Gasteiger partial charge in [-0.05, 0) is 42.7 Å². The van der Waals surface area contributed by atoms with Gasteiger partial charge in [-0.2, -0.15) is 18.3 Å². The predicted octanol–water partition coefficient (Wildman–Crippen LogP) is 4.93. The largest absolute Gasteiger partial charge is 0.491 e. The lowest BCUT2D eigenvalue weighted by molar-refractivity contribution is -0.181. The van der Waals surface area contributed by atoms with Crippen molar-refractivity contribution in [3.05, 3.63) is 76.1 Å². The summed E-state index contributed by atoms with van der Waals surface area (Å²) in [6.45, 7) is 1.09. The van der Waals surface area contributed by atoms with E-state index in [2.05, 4.69) is 15.4 Å². The van der Waals surface area contributed by atoms with Gasteiger partial charge in [-0.25, -0.2) is 9.50 Å². The van der Waals surface area contributed by atoms with Crippen LogP contribution in [0.4, 0.5) is 18.9 Å². The fraction of sp³-hybridized carbons (Fsp3) is 0.333. The highest BCUT2D eigenvalue weighted by atomic mass is 35.5. The monoisotopic (exact) mass is 575 g/mol. The number of amides is 1. The summed E-state index contributed by atoms with van der Waals surface area (Å²) in [5.74, 6) is -2.28. The molecular formula is C27H25ClF3N5O4. The second kappa shape index (κ2) is 10.9. The average molecular weight is 576 g/mol. The van der Waals surface area contributed by atoms with Crippen LogP contribution in [-0.2, 0) is 16.0 Å². The molecule has 0 fully saturated rings. The molecule has 1 amide bonds. The van der Waals surface area contributed by atoms with Crippen molar-refractivity contribution < 1.29 is 27.4 Å². The van der Waals surface area contributed by atoms with E-state index in [9.17, 15) is 22.8 Å². The molecule has 9 nitrogen and oxygen atoms in total. The third-order valence-electron chi connectivity index (χ3n) is 6.92. The Labute approximate surface area is 231 Å². The lowest BCUT2D eigenvalue weighted by Crippen LogP contribution is -2.36. The number of methoxy groups -OCH3 is 1. The number of ether oxygens (including phenoxy) is 2. The third-order valence-corrected chi connectivity index (χ3v) is 7.15. The molecule has 1 aromatic carbocycles. The zero-order chi connectivity index (χ0) is 28.6. The molecule has 4 aromatic rings. The van der Waals surface area contributed by atoms with Crippen LogP contribution in [0.5, 0.6) is 5.75 Å². The zero-order valence-electron chi connectivity index (χ0n) is 21.5. The highest BCUT2D eigenvalue weighted by Crippen LogP contribution is 2.40. The van der Waals surface area contributed by atoms with Gasteiger partial charge in [-0.3, -0.25) is 14.2 Å². The lowest BCUT2D eigenvalue weighted by atomic mass is 9.91. The molecule has 4 heterocycles. The van der Waals surface area contributed by atoms with Crippen LogP contribution in [0.3, 0.4) is 0 Å². The van der Waals surface area contributed by atoms with Gasteiger partial charge >= 0.3 is 6.18 Å². The molecule has 3 atom stereocenters. The molecule has 3 aromatic heterocycles. The van der Waals surface area contributed by atoms with Crippen molar-refractivity contribution in [3.63, 3.8) is 0 Å². The molecule has 1 aliphatic rings. The fourth-order valence-electron chi connectivity index (χ4n) is 4.68. The number of nitrogens with zero attached hydrogens (tertiary/aromatic N) is 4. The number of alkyl halides is 3. The molecule has 13 heteroatoms. The van der Waals surface area contributed by atoms with Crippen molar-refractivity contribution >= 4 is 28.8 Å². The molecular weight excluding hydrogens is 551 g/mol. The van der Waals surface area contributed by atoms with Gasteiger partial charge in [0.25, 0.3) is 5.56 Å². The first-order valence-corrected chi connectivity index (χ1v) is 12.8. The number of aromatic nitrogens is 4. The molecule has 1 aliphatic heterocycles. The van der Waals surface area contributed by atoms with Crippen molar-refractivity contribution in [2.45, 2.75) is 38.1 Å². The number of carbonyl (C=O) groups is 1. The average Bonchev–Trinajstić information content (AvgIpc) is 3.37. The second-order valence-electron chi connectivity index (χ2n) is 9.62. The van der Waals surface area contributed by atoms with E-state index in [4.69, 9.17) is 21.1 Å². The van der Waals surface area contributed by atoms with Gasteiger partial charge in [-0.1, -0.05) is 17.7 Å². The van der Waals surface area contributed by atoms with E-state index < -0.39 is 42.3 Å². The first-order valence-electron chi connectivity index (χ1n) is 12.4. The van der Waals surface area contributed by atoms with Gasteiger partial charge in [0.1, 0.15) is 24.7 Å². The molecule has 3 unspecified atom stereocenters. The van der Waals surface area contributed by atoms with Crippen LogP contribution < -0.4 is 15.6 Å². The normalized spacial score (nSPS) is 16.7. The van der Waals surface area contributed by atoms with Crippen LogP contribution in [0.25, 0.3) is 16.8 Å². The summed E-state index contributed by atoms with van der Waals surface area (Å²) in [7, 11) is 1.48. The fourth-order valence-corrected chi connectivity index (χ4v) is 4.85. The Morgan fingerprint density at radius 3 is 2.80 bits per heavy atom. The van der Waals surface area contributed by atoms with Gasteiger partial charge in [0, 0.05) is 48.1 Å². The number of carbonyl (C=O) groups excluding carboxylic acids is 1. The minimum atomic E-state index is -4.51. The van der Waals surface area contributed by atoms with Crippen LogP contribution in [0.2, 0.25) is 5.02 Å². The molecule has 210 valence electrons. The Hall–Kier alpha value is -3.90. The van der Waals surface area contributed by atoms with Crippen LogP contribution in [0.1, 0.15) is 24.9 Å². The number of nitrogens with one attached hydrogen (secondary N) is 1. The van der Waals surface area contributed by atoms with Gasteiger partial charge in [-0.15, -0.1) is 0 Å². The molecule has 0 saturated heterocycles. The summed E-state index contributed by atoms with van der Waals surface area (Å²) in [4.78, 5) is 31.1. The molecule has 0 bridgehead atoms. The van der Waals surface area contributed by atoms with E-state index in [1.54, 1.807) is 25.3 Å². The summed E-state index contributed by atoms with van der Waals surface area (Å²) >= 11 is 6.18. The summed E-state index contributed by atoms with van der Waals surface area (Å²) < 4.78 is 55.1. The summed E-state index contributed by atoms with van der Waals surface area (Å²) in [5, 5.41) is 7.11. The Kier molecular flexibility index (Phi) is 7.56. The Morgan fingerprint density at radius 1 is 1.25 bits per heavy atom. The van der Waals surface area contributed by atoms with Crippen LogP contribution in [0, 0.1) is 5.92 Å².